The molecule has 178 valence electrons. The van der Waals surface area contributed by atoms with Crippen LogP contribution in [-0.4, -0.2) is 18.8 Å². The number of unbranched alkanes of at least 4 members (excludes halogenated alkanes) is 15. The Morgan fingerprint density at radius 2 is 1.23 bits per heavy atom. The molecule has 2 nitrogen and oxygen atoms in total. The van der Waals surface area contributed by atoms with Gasteiger partial charge in [0.2, 0.25) is 0 Å². The summed E-state index contributed by atoms with van der Waals surface area (Å²) in [6.45, 7) is 4.64. The Kier molecular flexibility index (Phi) is 15.0. The normalized spacial score (nSPS) is 18.6. The van der Waals surface area contributed by atoms with Gasteiger partial charge in [-0.15, -0.1) is 0 Å². The molecule has 1 aliphatic rings. The van der Waals surface area contributed by atoms with Crippen LogP contribution in [0.1, 0.15) is 128 Å². The van der Waals surface area contributed by atoms with Gasteiger partial charge in [-0.25, -0.2) is 0 Å². The molecule has 1 fully saturated rings. The minimum absolute atomic E-state index is 0.0359. The monoisotopic (exact) mass is 430 g/mol. The smallest absolute Gasteiger partial charge is 0.0941 e. The first kappa shape index (κ1) is 26.4. The van der Waals surface area contributed by atoms with Gasteiger partial charge in [-0.05, 0) is 12.0 Å². The standard InChI is InChI=1S/C29H50O2/c1-2-3-4-5-6-7-8-9-10-11-12-13-14-15-16-20-23-29(24-25-30-27-29)31-26-28-21-18-17-19-22-28/h17-19,21-22H,2-16,20,23-27H2,1H3. The van der Waals surface area contributed by atoms with E-state index in [0.29, 0.717) is 6.61 Å². The summed E-state index contributed by atoms with van der Waals surface area (Å²) in [5.41, 5.74) is 1.23. The molecule has 1 heterocycles. The molecule has 1 atom stereocenters. The van der Waals surface area contributed by atoms with Crippen LogP contribution in [0.5, 0.6) is 0 Å². The van der Waals surface area contributed by atoms with E-state index in [2.05, 4.69) is 37.3 Å². The molecule has 0 N–H and O–H groups in total. The van der Waals surface area contributed by atoms with E-state index in [1.807, 2.05) is 0 Å². The van der Waals surface area contributed by atoms with E-state index in [4.69, 9.17) is 9.47 Å². The largest absolute Gasteiger partial charge is 0.378 e. The van der Waals surface area contributed by atoms with Gasteiger partial charge in [0.25, 0.3) is 0 Å². The molecule has 2 heteroatoms. The molecule has 0 spiro atoms. The maximum atomic E-state index is 6.38. The van der Waals surface area contributed by atoms with Crippen LogP contribution < -0.4 is 0 Å². The third-order valence-corrected chi connectivity index (χ3v) is 6.94. The van der Waals surface area contributed by atoms with Crippen molar-refractivity contribution < 1.29 is 9.47 Å². The van der Waals surface area contributed by atoms with E-state index >= 15 is 0 Å². The molecule has 0 bridgehead atoms. The molecule has 2 rings (SSSR count). The SMILES string of the molecule is CCCCCCCCCCCCCCCCCCC1(OCc2ccccc2)CCOC1. The second-order valence-corrected chi connectivity index (χ2v) is 9.81. The fourth-order valence-corrected chi connectivity index (χ4v) is 4.78. The average Bonchev–Trinajstić information content (AvgIpc) is 3.27. The lowest BCUT2D eigenvalue weighted by molar-refractivity contribution is -0.0664. The minimum atomic E-state index is -0.0359. The van der Waals surface area contributed by atoms with Crippen LogP contribution in [0.3, 0.4) is 0 Å². The molecule has 1 aliphatic heterocycles. The Balaban J connectivity index is 1.39. The molecule has 31 heavy (non-hydrogen) atoms. The zero-order valence-corrected chi connectivity index (χ0v) is 20.6. The Morgan fingerprint density at radius 1 is 0.710 bits per heavy atom. The lowest BCUT2D eigenvalue weighted by atomic mass is 9.94. The molecule has 0 aliphatic carbocycles. The molecule has 0 aromatic heterocycles. The number of hydrogen-bond acceptors (Lipinski definition) is 2. The lowest BCUT2D eigenvalue weighted by Crippen LogP contribution is -2.33. The zero-order valence-electron chi connectivity index (χ0n) is 20.6. The van der Waals surface area contributed by atoms with E-state index in [0.717, 1.165) is 26.1 Å². The van der Waals surface area contributed by atoms with Crippen LogP contribution in [0.2, 0.25) is 0 Å². The summed E-state index contributed by atoms with van der Waals surface area (Å²) in [5, 5.41) is 0. The highest BCUT2D eigenvalue weighted by Crippen LogP contribution is 2.30. The second-order valence-electron chi connectivity index (χ2n) is 9.81. The molecule has 1 aromatic rings. The molecular formula is C29H50O2. The van der Waals surface area contributed by atoms with Crippen LogP contribution in [-0.2, 0) is 16.1 Å². The van der Waals surface area contributed by atoms with Crippen molar-refractivity contribution >= 4 is 0 Å². The number of benzene rings is 1. The Hall–Kier alpha value is -0.860. The molecule has 1 aromatic carbocycles. The van der Waals surface area contributed by atoms with Crippen molar-refractivity contribution in [2.45, 2.75) is 135 Å². The second kappa shape index (κ2) is 17.7. The zero-order chi connectivity index (χ0) is 21.9. The molecule has 0 radical (unpaired) electrons. The van der Waals surface area contributed by atoms with Gasteiger partial charge >= 0.3 is 0 Å². The third kappa shape index (κ3) is 12.7. The highest BCUT2D eigenvalue weighted by atomic mass is 16.6. The van der Waals surface area contributed by atoms with Gasteiger partial charge < -0.3 is 9.47 Å². The van der Waals surface area contributed by atoms with Crippen molar-refractivity contribution in [2.75, 3.05) is 13.2 Å². The van der Waals surface area contributed by atoms with Crippen molar-refractivity contribution in [3.05, 3.63) is 35.9 Å². The Bertz CT molecular complexity index is 507. The summed E-state index contributed by atoms with van der Waals surface area (Å²) in [6, 6.07) is 10.5. The van der Waals surface area contributed by atoms with E-state index in [1.54, 1.807) is 0 Å². The summed E-state index contributed by atoms with van der Waals surface area (Å²) in [4.78, 5) is 0. The highest BCUT2D eigenvalue weighted by Gasteiger charge is 2.35. The summed E-state index contributed by atoms with van der Waals surface area (Å²) in [7, 11) is 0. The van der Waals surface area contributed by atoms with Gasteiger partial charge in [0.1, 0.15) is 0 Å². The van der Waals surface area contributed by atoms with E-state index in [-0.39, 0.29) is 5.60 Å². The first-order valence-corrected chi connectivity index (χ1v) is 13.6. The summed E-state index contributed by atoms with van der Waals surface area (Å²) < 4.78 is 12.1. The summed E-state index contributed by atoms with van der Waals surface area (Å²) >= 11 is 0. The van der Waals surface area contributed by atoms with Crippen molar-refractivity contribution in [1.82, 2.24) is 0 Å². The number of hydrogen-bond donors (Lipinski definition) is 0. The van der Waals surface area contributed by atoms with Gasteiger partial charge in [-0.3, -0.25) is 0 Å². The van der Waals surface area contributed by atoms with E-state index in [9.17, 15) is 0 Å². The first-order valence-electron chi connectivity index (χ1n) is 13.6. The fraction of sp³-hybridized carbons (Fsp3) is 0.793. The van der Waals surface area contributed by atoms with Crippen molar-refractivity contribution in [2.24, 2.45) is 0 Å². The van der Waals surface area contributed by atoms with Crippen LogP contribution in [0.4, 0.5) is 0 Å². The van der Waals surface area contributed by atoms with Gasteiger partial charge in [-0.1, -0.05) is 140 Å². The average molecular weight is 431 g/mol. The predicted molar refractivity (Wildman–Crippen MR) is 134 cm³/mol. The van der Waals surface area contributed by atoms with Gasteiger partial charge in [0.05, 0.1) is 18.8 Å². The highest BCUT2D eigenvalue weighted by molar-refractivity contribution is 5.13. The maximum absolute atomic E-state index is 6.38. The molecule has 0 saturated carbocycles. The van der Waals surface area contributed by atoms with Gasteiger partial charge in [-0.2, -0.15) is 0 Å². The predicted octanol–water partition coefficient (Wildman–Crippen LogP) is 9.01. The number of ether oxygens (including phenoxy) is 2. The van der Waals surface area contributed by atoms with E-state index in [1.165, 1.54) is 108 Å². The van der Waals surface area contributed by atoms with Crippen molar-refractivity contribution in [1.29, 1.82) is 0 Å². The lowest BCUT2D eigenvalue weighted by Gasteiger charge is -2.28. The molecule has 1 saturated heterocycles. The van der Waals surface area contributed by atoms with Crippen molar-refractivity contribution in [3.63, 3.8) is 0 Å². The topological polar surface area (TPSA) is 18.5 Å². The quantitative estimate of drug-likeness (QED) is 0.192. The summed E-state index contributed by atoms with van der Waals surface area (Å²) in [6.07, 6.45) is 24.9. The Morgan fingerprint density at radius 3 is 1.71 bits per heavy atom. The molecule has 1 unspecified atom stereocenters. The molecular weight excluding hydrogens is 380 g/mol. The Labute approximate surface area is 193 Å². The van der Waals surface area contributed by atoms with Gasteiger partial charge in [0, 0.05) is 13.0 Å². The van der Waals surface area contributed by atoms with Crippen LogP contribution >= 0.6 is 0 Å². The maximum Gasteiger partial charge on any atom is 0.0941 e. The first-order chi connectivity index (χ1) is 15.3. The van der Waals surface area contributed by atoms with Crippen LogP contribution in [0, 0.1) is 0 Å². The summed E-state index contributed by atoms with van der Waals surface area (Å²) in [5.74, 6) is 0. The fourth-order valence-electron chi connectivity index (χ4n) is 4.78. The third-order valence-electron chi connectivity index (χ3n) is 6.94. The van der Waals surface area contributed by atoms with E-state index < -0.39 is 0 Å². The van der Waals surface area contributed by atoms with Crippen molar-refractivity contribution in [3.8, 4) is 0 Å². The van der Waals surface area contributed by atoms with Crippen LogP contribution in [0.15, 0.2) is 30.3 Å². The van der Waals surface area contributed by atoms with Crippen LogP contribution in [0.25, 0.3) is 0 Å². The minimum Gasteiger partial charge on any atom is -0.378 e. The van der Waals surface area contributed by atoms with Gasteiger partial charge in [0.15, 0.2) is 0 Å². The molecule has 0 amide bonds. The number of rotatable bonds is 20.